The molecule has 0 saturated carbocycles. The lowest BCUT2D eigenvalue weighted by molar-refractivity contribution is 0.240. The summed E-state index contributed by atoms with van der Waals surface area (Å²) in [5.41, 5.74) is 1.95. The average Bonchev–Trinajstić information content (AvgIpc) is 2.65. The molecule has 0 amide bonds. The van der Waals surface area contributed by atoms with Crippen molar-refractivity contribution in [3.63, 3.8) is 0 Å². The third-order valence-electron chi connectivity index (χ3n) is 2.10. The van der Waals surface area contributed by atoms with Crippen LogP contribution in [0.15, 0.2) is 18.3 Å². The first-order valence-corrected chi connectivity index (χ1v) is 5.46. The van der Waals surface area contributed by atoms with Crippen LogP contribution in [0.5, 0.6) is 0 Å². The average molecular weight is 213 g/mol. The Kier molecular flexibility index (Phi) is 2.90. The van der Waals surface area contributed by atoms with E-state index in [1.807, 2.05) is 12.1 Å². The van der Waals surface area contributed by atoms with Crippen LogP contribution in [0.25, 0.3) is 0 Å². The summed E-state index contributed by atoms with van der Waals surface area (Å²) in [6.07, 6.45) is 2.47. The minimum Gasteiger partial charge on any atom is -0.265 e. The zero-order valence-electron chi connectivity index (χ0n) is 7.80. The first-order chi connectivity index (χ1) is 6.79. The summed E-state index contributed by atoms with van der Waals surface area (Å²) in [6.45, 7) is 2.38. The van der Waals surface area contributed by atoms with Crippen molar-refractivity contribution in [1.82, 2.24) is 4.98 Å². The van der Waals surface area contributed by atoms with Gasteiger partial charge in [-0.1, -0.05) is 13.0 Å². The third kappa shape index (κ3) is 2.00. The number of rotatable bonds is 2. The molecule has 2 heterocycles. The van der Waals surface area contributed by atoms with Crippen molar-refractivity contribution >= 4 is 11.4 Å². The first-order valence-electron chi connectivity index (χ1n) is 4.46. The molecule has 1 aliphatic heterocycles. The zero-order chi connectivity index (χ0) is 9.97. The molecule has 1 aromatic rings. The molecule has 1 fully saturated rings. The fourth-order valence-corrected chi connectivity index (χ4v) is 1.87. The van der Waals surface area contributed by atoms with Crippen LogP contribution in [0.4, 0.5) is 0 Å². The Hall–Kier alpha value is -0.780. The fourth-order valence-electron chi connectivity index (χ4n) is 1.24. The number of pyridine rings is 1. The van der Waals surface area contributed by atoms with E-state index in [-0.39, 0.29) is 6.10 Å². The van der Waals surface area contributed by atoms with Gasteiger partial charge in [-0.3, -0.25) is 13.4 Å². The summed E-state index contributed by atoms with van der Waals surface area (Å²) in [5.74, 6) is 0. The molecule has 0 unspecified atom stereocenters. The van der Waals surface area contributed by atoms with Gasteiger partial charge in [-0.05, 0) is 18.1 Å². The van der Waals surface area contributed by atoms with E-state index in [1.54, 1.807) is 6.20 Å². The second-order valence-electron chi connectivity index (χ2n) is 3.02. The van der Waals surface area contributed by atoms with E-state index in [4.69, 9.17) is 8.37 Å². The van der Waals surface area contributed by atoms with Crippen LogP contribution in [0, 0.1) is 0 Å². The van der Waals surface area contributed by atoms with Crippen LogP contribution in [-0.4, -0.2) is 15.8 Å². The minimum absolute atomic E-state index is 0.290. The molecule has 5 heteroatoms. The van der Waals surface area contributed by atoms with Crippen LogP contribution in [0.2, 0.25) is 0 Å². The highest BCUT2D eigenvalue weighted by Crippen LogP contribution is 2.23. The molecule has 0 radical (unpaired) electrons. The van der Waals surface area contributed by atoms with Gasteiger partial charge >= 0.3 is 11.4 Å². The molecule has 4 nitrogen and oxygen atoms in total. The van der Waals surface area contributed by atoms with Crippen molar-refractivity contribution in [2.75, 3.05) is 6.61 Å². The summed E-state index contributed by atoms with van der Waals surface area (Å²) in [4.78, 5) is 4.23. The Morgan fingerprint density at radius 1 is 1.64 bits per heavy atom. The van der Waals surface area contributed by atoms with E-state index in [9.17, 15) is 4.21 Å². The van der Waals surface area contributed by atoms with Crippen molar-refractivity contribution < 1.29 is 12.6 Å². The molecule has 2 rings (SSSR count). The molecular weight excluding hydrogens is 202 g/mol. The van der Waals surface area contributed by atoms with Crippen LogP contribution in [0.3, 0.4) is 0 Å². The molecule has 0 N–H and O–H groups in total. The van der Waals surface area contributed by atoms with Gasteiger partial charge in [-0.2, -0.15) is 4.21 Å². The Morgan fingerprint density at radius 3 is 3.00 bits per heavy atom. The summed E-state index contributed by atoms with van der Waals surface area (Å²) in [6, 6.07) is 3.88. The van der Waals surface area contributed by atoms with Crippen LogP contribution >= 0.6 is 0 Å². The lowest BCUT2D eigenvalue weighted by atomic mass is 10.2. The van der Waals surface area contributed by atoms with E-state index in [0.29, 0.717) is 6.61 Å². The first kappa shape index (κ1) is 9.76. The number of aromatic nitrogens is 1. The highest BCUT2D eigenvalue weighted by atomic mass is 32.2. The molecule has 0 spiro atoms. The Labute approximate surface area is 85.1 Å². The molecule has 14 heavy (non-hydrogen) atoms. The maximum Gasteiger partial charge on any atom is 0.305 e. The largest absolute Gasteiger partial charge is 0.305 e. The van der Waals surface area contributed by atoms with Crippen molar-refractivity contribution in [3.05, 3.63) is 29.6 Å². The Balaban J connectivity index is 2.13. The van der Waals surface area contributed by atoms with Crippen molar-refractivity contribution in [3.8, 4) is 0 Å². The summed E-state index contributed by atoms with van der Waals surface area (Å²) in [7, 11) is 0. The molecule has 0 aromatic carbocycles. The van der Waals surface area contributed by atoms with Gasteiger partial charge in [0.1, 0.15) is 6.10 Å². The highest BCUT2D eigenvalue weighted by Gasteiger charge is 2.25. The van der Waals surface area contributed by atoms with E-state index in [1.165, 1.54) is 5.56 Å². The predicted molar refractivity (Wildman–Crippen MR) is 51.5 cm³/mol. The van der Waals surface area contributed by atoms with Gasteiger partial charge in [-0.25, -0.2) is 0 Å². The summed E-state index contributed by atoms with van der Waals surface area (Å²) >= 11 is -1.60. The lowest BCUT2D eigenvalue weighted by Gasteiger charge is -2.04. The number of hydrogen-bond donors (Lipinski definition) is 0. The second-order valence-corrected chi connectivity index (χ2v) is 3.85. The molecule has 76 valence electrons. The zero-order valence-corrected chi connectivity index (χ0v) is 8.62. The normalized spacial score (nSPS) is 26.6. The summed E-state index contributed by atoms with van der Waals surface area (Å²) < 4.78 is 20.6. The van der Waals surface area contributed by atoms with Gasteiger partial charge in [0.05, 0.1) is 12.3 Å². The number of aryl methyl sites for hydroxylation is 1. The van der Waals surface area contributed by atoms with Gasteiger partial charge in [0.25, 0.3) is 0 Å². The molecule has 1 saturated heterocycles. The van der Waals surface area contributed by atoms with Crippen LogP contribution in [0.1, 0.15) is 24.3 Å². The fraction of sp³-hybridized carbons (Fsp3) is 0.444. The maximum atomic E-state index is 10.8. The lowest BCUT2D eigenvalue weighted by Crippen LogP contribution is -2.02. The van der Waals surface area contributed by atoms with E-state index in [0.717, 1.165) is 12.1 Å². The van der Waals surface area contributed by atoms with Gasteiger partial charge in [0, 0.05) is 6.20 Å². The predicted octanol–water partition coefficient (Wildman–Crippen LogP) is 1.31. The van der Waals surface area contributed by atoms with Crippen LogP contribution in [-0.2, 0) is 26.1 Å². The number of nitrogens with zero attached hydrogens (tertiary/aromatic N) is 1. The van der Waals surface area contributed by atoms with E-state index >= 15 is 0 Å². The third-order valence-corrected chi connectivity index (χ3v) is 2.81. The smallest absolute Gasteiger partial charge is 0.265 e. The maximum absolute atomic E-state index is 10.8. The topological polar surface area (TPSA) is 48.4 Å². The van der Waals surface area contributed by atoms with Gasteiger partial charge in [0.2, 0.25) is 0 Å². The molecule has 0 bridgehead atoms. The second kappa shape index (κ2) is 4.16. The van der Waals surface area contributed by atoms with Crippen molar-refractivity contribution in [1.29, 1.82) is 0 Å². The quantitative estimate of drug-likeness (QED) is 0.743. The molecule has 0 aliphatic carbocycles. The van der Waals surface area contributed by atoms with E-state index < -0.39 is 11.4 Å². The van der Waals surface area contributed by atoms with Gasteiger partial charge in [0.15, 0.2) is 0 Å². The van der Waals surface area contributed by atoms with Crippen molar-refractivity contribution in [2.45, 2.75) is 19.4 Å². The Bertz CT molecular complexity index is 338. The SMILES string of the molecule is CCc1ccc([C@H]2CO[S@@](=O)O2)nc1. The van der Waals surface area contributed by atoms with Gasteiger partial charge in [-0.15, -0.1) is 0 Å². The monoisotopic (exact) mass is 213 g/mol. The molecule has 1 aromatic heterocycles. The highest BCUT2D eigenvalue weighted by molar-refractivity contribution is 7.75. The van der Waals surface area contributed by atoms with Gasteiger partial charge < -0.3 is 0 Å². The molecule has 1 aliphatic rings. The Morgan fingerprint density at radius 2 is 2.50 bits per heavy atom. The molecular formula is C9H11NO3S. The van der Waals surface area contributed by atoms with E-state index in [2.05, 4.69) is 11.9 Å². The van der Waals surface area contributed by atoms with Crippen molar-refractivity contribution in [2.24, 2.45) is 0 Å². The standard InChI is InChI=1S/C9H11NO3S/c1-2-7-3-4-8(10-5-7)9-6-12-14(11)13-9/h3-5,9H,2,6H2,1H3/t9-,14-/m1/s1. The number of hydrogen-bond acceptors (Lipinski definition) is 4. The minimum atomic E-state index is -1.60. The van der Waals surface area contributed by atoms with Crippen LogP contribution < -0.4 is 0 Å². The summed E-state index contributed by atoms with van der Waals surface area (Å²) in [5, 5.41) is 0. The molecule has 2 atom stereocenters.